The third-order valence-corrected chi connectivity index (χ3v) is 3.98. The summed E-state index contributed by atoms with van der Waals surface area (Å²) in [6.07, 6.45) is 2.19. The van der Waals surface area contributed by atoms with Crippen molar-refractivity contribution in [3.05, 3.63) is 29.8 Å². The van der Waals surface area contributed by atoms with E-state index >= 15 is 0 Å². The van der Waals surface area contributed by atoms with E-state index in [9.17, 15) is 4.79 Å². The van der Waals surface area contributed by atoms with Crippen molar-refractivity contribution in [2.24, 2.45) is 5.92 Å². The molecule has 19 heavy (non-hydrogen) atoms. The molecule has 0 aliphatic carbocycles. The fourth-order valence-corrected chi connectivity index (χ4v) is 3.01. The summed E-state index contributed by atoms with van der Waals surface area (Å²) in [7, 11) is 0. The third kappa shape index (κ3) is 3.72. The van der Waals surface area contributed by atoms with E-state index in [-0.39, 0.29) is 5.91 Å². The first-order valence-corrected chi connectivity index (χ1v) is 7.91. The molecular weight excluding hydrogens is 306 g/mol. The summed E-state index contributed by atoms with van der Waals surface area (Å²) >= 11 is 3.46. The summed E-state index contributed by atoms with van der Waals surface area (Å²) in [5, 5.41) is 1.02. The number of ether oxygens (including phenoxy) is 1. The molecule has 4 heteroatoms. The molecular formula is C15H20BrNO2. The number of carbonyl (C=O) groups excluding carboxylic acids is 1. The fourth-order valence-electron chi connectivity index (χ4n) is 2.23. The normalized spacial score (nSPS) is 16.5. The van der Waals surface area contributed by atoms with Gasteiger partial charge in [-0.05, 0) is 30.9 Å². The van der Waals surface area contributed by atoms with Crippen molar-refractivity contribution in [2.75, 3.05) is 25.0 Å². The van der Waals surface area contributed by atoms with Crippen molar-refractivity contribution >= 4 is 21.8 Å². The molecule has 0 saturated carbocycles. The molecule has 2 rings (SSSR count). The number of hydrogen-bond donors (Lipinski definition) is 0. The minimum absolute atomic E-state index is 0.0964. The predicted octanol–water partition coefficient (Wildman–Crippen LogP) is 3.33. The zero-order valence-corrected chi connectivity index (χ0v) is 12.9. The van der Waals surface area contributed by atoms with E-state index in [1.165, 1.54) is 0 Å². The van der Waals surface area contributed by atoms with Crippen LogP contribution in [0.2, 0.25) is 0 Å². The zero-order chi connectivity index (χ0) is 13.7. The number of carbonyl (C=O) groups is 1. The van der Waals surface area contributed by atoms with E-state index in [0.29, 0.717) is 30.4 Å². The topological polar surface area (TPSA) is 29.5 Å². The number of nitrogens with zero attached hydrogens (tertiary/aromatic N) is 1. The minimum atomic E-state index is 0.0964. The van der Waals surface area contributed by atoms with Crippen LogP contribution < -0.4 is 4.74 Å². The Morgan fingerprint density at radius 3 is 2.95 bits per heavy atom. The number of benzene rings is 1. The molecule has 0 N–H and O–H groups in total. The van der Waals surface area contributed by atoms with Crippen molar-refractivity contribution in [1.29, 1.82) is 0 Å². The van der Waals surface area contributed by atoms with Gasteiger partial charge in [-0.2, -0.15) is 0 Å². The molecule has 3 nitrogen and oxygen atoms in total. The Bertz CT molecular complexity index is 436. The number of fused-ring (bicyclic) bond motifs is 1. The highest BCUT2D eigenvalue weighted by atomic mass is 79.9. The number of rotatable bonds is 5. The number of alkyl halides is 1. The average Bonchev–Trinajstić information content (AvgIpc) is 2.57. The van der Waals surface area contributed by atoms with Gasteiger partial charge in [-0.3, -0.25) is 4.79 Å². The van der Waals surface area contributed by atoms with E-state index in [1.807, 2.05) is 29.2 Å². The second-order valence-electron chi connectivity index (χ2n) is 5.01. The summed E-state index contributed by atoms with van der Waals surface area (Å²) in [6.45, 7) is 4.29. The molecule has 1 aromatic carbocycles. The molecule has 0 aromatic heterocycles. The van der Waals surface area contributed by atoms with Crippen LogP contribution in [-0.2, 0) is 0 Å². The van der Waals surface area contributed by atoms with Crippen molar-refractivity contribution in [3.8, 4) is 5.75 Å². The second kappa shape index (κ2) is 6.94. The monoisotopic (exact) mass is 325 g/mol. The van der Waals surface area contributed by atoms with Crippen LogP contribution >= 0.6 is 15.9 Å². The quantitative estimate of drug-likeness (QED) is 0.777. The second-order valence-corrected chi connectivity index (χ2v) is 5.80. The molecule has 0 radical (unpaired) electrons. The van der Waals surface area contributed by atoms with E-state index in [4.69, 9.17) is 4.74 Å². The van der Waals surface area contributed by atoms with Crippen LogP contribution in [0, 0.1) is 5.92 Å². The van der Waals surface area contributed by atoms with E-state index < -0.39 is 0 Å². The maximum atomic E-state index is 12.4. The summed E-state index contributed by atoms with van der Waals surface area (Å²) in [4.78, 5) is 14.4. The molecule has 1 unspecified atom stereocenters. The lowest BCUT2D eigenvalue weighted by Gasteiger charge is -2.21. The molecule has 0 saturated heterocycles. The van der Waals surface area contributed by atoms with Crippen LogP contribution in [0.15, 0.2) is 24.3 Å². The molecule has 104 valence electrons. The van der Waals surface area contributed by atoms with Crippen molar-refractivity contribution in [1.82, 2.24) is 4.90 Å². The van der Waals surface area contributed by atoms with Gasteiger partial charge in [0.2, 0.25) is 0 Å². The van der Waals surface area contributed by atoms with Gasteiger partial charge in [0.1, 0.15) is 12.4 Å². The van der Waals surface area contributed by atoms with Gasteiger partial charge < -0.3 is 9.64 Å². The van der Waals surface area contributed by atoms with Crippen molar-refractivity contribution in [2.45, 2.75) is 19.8 Å². The van der Waals surface area contributed by atoms with Gasteiger partial charge in [0.15, 0.2) is 0 Å². The summed E-state index contributed by atoms with van der Waals surface area (Å²) in [6, 6.07) is 7.50. The van der Waals surface area contributed by atoms with Crippen LogP contribution in [0.4, 0.5) is 0 Å². The largest absolute Gasteiger partial charge is 0.491 e. The molecule has 0 fully saturated rings. The maximum Gasteiger partial charge on any atom is 0.257 e. The van der Waals surface area contributed by atoms with Crippen LogP contribution in [0.25, 0.3) is 0 Å². The molecule has 0 spiro atoms. The molecule has 1 amide bonds. The minimum Gasteiger partial charge on any atom is -0.491 e. The Labute approximate surface area is 123 Å². The van der Waals surface area contributed by atoms with E-state index in [1.54, 1.807) is 0 Å². The smallest absolute Gasteiger partial charge is 0.257 e. The summed E-state index contributed by atoms with van der Waals surface area (Å²) in [5.74, 6) is 1.44. The van der Waals surface area contributed by atoms with Gasteiger partial charge in [0.25, 0.3) is 5.91 Å². The van der Waals surface area contributed by atoms with Gasteiger partial charge in [0.05, 0.1) is 12.1 Å². The summed E-state index contributed by atoms with van der Waals surface area (Å²) < 4.78 is 5.63. The average molecular weight is 326 g/mol. The highest BCUT2D eigenvalue weighted by Crippen LogP contribution is 2.23. The van der Waals surface area contributed by atoms with E-state index in [0.717, 1.165) is 24.7 Å². The fraction of sp³-hybridized carbons (Fsp3) is 0.533. The van der Waals surface area contributed by atoms with Crippen molar-refractivity contribution in [3.63, 3.8) is 0 Å². The molecule has 1 aromatic rings. The lowest BCUT2D eigenvalue weighted by atomic mass is 10.0. The molecule has 0 bridgehead atoms. The highest BCUT2D eigenvalue weighted by Gasteiger charge is 2.22. The zero-order valence-electron chi connectivity index (χ0n) is 11.3. The molecule has 1 atom stereocenters. The third-order valence-electron chi connectivity index (χ3n) is 3.52. The maximum absolute atomic E-state index is 12.4. The number of para-hydroxylation sites is 1. The lowest BCUT2D eigenvalue weighted by molar-refractivity contribution is 0.0747. The van der Waals surface area contributed by atoms with Crippen molar-refractivity contribution < 1.29 is 9.53 Å². The molecule has 1 aliphatic rings. The van der Waals surface area contributed by atoms with Gasteiger partial charge in [0, 0.05) is 11.9 Å². The van der Waals surface area contributed by atoms with Gasteiger partial charge >= 0.3 is 0 Å². The van der Waals surface area contributed by atoms with Gasteiger partial charge in [-0.15, -0.1) is 0 Å². The van der Waals surface area contributed by atoms with Crippen LogP contribution in [0.3, 0.4) is 0 Å². The Morgan fingerprint density at radius 2 is 2.16 bits per heavy atom. The standard InChI is InChI=1S/C15H20BrNO2/c1-12(6-8-16)7-9-17-10-11-19-14-5-3-2-4-13(14)15(17)18/h2-5,12H,6-11H2,1H3. The van der Waals surface area contributed by atoms with Crippen LogP contribution in [0.1, 0.15) is 30.1 Å². The first-order valence-electron chi connectivity index (χ1n) is 6.79. The van der Waals surface area contributed by atoms with Crippen LogP contribution in [0.5, 0.6) is 5.75 Å². The first-order chi connectivity index (χ1) is 9.22. The highest BCUT2D eigenvalue weighted by molar-refractivity contribution is 9.09. The lowest BCUT2D eigenvalue weighted by Crippen LogP contribution is -2.34. The van der Waals surface area contributed by atoms with Crippen LogP contribution in [-0.4, -0.2) is 35.8 Å². The predicted molar refractivity (Wildman–Crippen MR) is 80.0 cm³/mol. The number of halogens is 1. The Balaban J connectivity index is 2.01. The molecule has 1 heterocycles. The number of hydrogen-bond acceptors (Lipinski definition) is 2. The first kappa shape index (κ1) is 14.4. The summed E-state index contributed by atoms with van der Waals surface area (Å²) in [5.41, 5.74) is 0.688. The Kier molecular flexibility index (Phi) is 5.25. The Morgan fingerprint density at radius 1 is 1.37 bits per heavy atom. The molecule has 1 aliphatic heterocycles. The SMILES string of the molecule is CC(CCBr)CCN1CCOc2ccccc2C1=O. The Hall–Kier alpha value is -1.03. The van der Waals surface area contributed by atoms with Gasteiger partial charge in [-0.25, -0.2) is 0 Å². The number of amides is 1. The van der Waals surface area contributed by atoms with E-state index in [2.05, 4.69) is 22.9 Å². The van der Waals surface area contributed by atoms with Gasteiger partial charge in [-0.1, -0.05) is 35.0 Å².